The van der Waals surface area contributed by atoms with E-state index < -0.39 is 0 Å². The number of amides is 1. The van der Waals surface area contributed by atoms with E-state index in [1.165, 1.54) is 0 Å². The van der Waals surface area contributed by atoms with E-state index in [0.717, 1.165) is 17.5 Å². The van der Waals surface area contributed by atoms with Gasteiger partial charge in [0, 0.05) is 13.1 Å². The average molecular weight is 312 g/mol. The van der Waals surface area contributed by atoms with Crippen LogP contribution in [-0.4, -0.2) is 26.7 Å². The number of carbonyl (C=O) groups excluding carboxylic acids is 1. The van der Waals surface area contributed by atoms with Crippen LogP contribution in [0, 0.1) is 6.92 Å². The van der Waals surface area contributed by atoms with Crippen molar-refractivity contribution in [3.63, 3.8) is 0 Å². The molecule has 0 saturated heterocycles. The van der Waals surface area contributed by atoms with Crippen LogP contribution in [0.3, 0.4) is 0 Å². The standard InChI is InChI=1S/C17H20N4O2/c1-5-10(2)18-17(22)12-9-13(14-7-6-8-23-14)19-16-15(12)11(3)20-21(16)4/h6-10H,5H2,1-4H3,(H,18,22)/t10-/m0/s1. The number of nitrogens with one attached hydrogen (secondary N) is 1. The summed E-state index contributed by atoms with van der Waals surface area (Å²) in [5.74, 6) is 0.513. The van der Waals surface area contributed by atoms with Gasteiger partial charge in [-0.3, -0.25) is 9.48 Å². The summed E-state index contributed by atoms with van der Waals surface area (Å²) < 4.78 is 7.12. The van der Waals surface area contributed by atoms with Gasteiger partial charge in [0.05, 0.1) is 22.9 Å². The van der Waals surface area contributed by atoms with Crippen molar-refractivity contribution in [2.75, 3.05) is 0 Å². The van der Waals surface area contributed by atoms with Crippen molar-refractivity contribution in [3.8, 4) is 11.5 Å². The molecule has 1 amide bonds. The van der Waals surface area contributed by atoms with Gasteiger partial charge in [-0.05, 0) is 38.5 Å². The molecule has 1 N–H and O–H groups in total. The molecule has 3 aromatic heterocycles. The van der Waals surface area contributed by atoms with Crippen molar-refractivity contribution >= 4 is 16.9 Å². The van der Waals surface area contributed by atoms with Crippen LogP contribution in [-0.2, 0) is 7.05 Å². The minimum Gasteiger partial charge on any atom is -0.463 e. The second-order valence-electron chi connectivity index (χ2n) is 5.72. The Balaban J connectivity index is 2.19. The fraction of sp³-hybridized carbons (Fsp3) is 0.353. The molecule has 6 heteroatoms. The van der Waals surface area contributed by atoms with Gasteiger partial charge in [0.2, 0.25) is 0 Å². The average Bonchev–Trinajstić information content (AvgIpc) is 3.15. The smallest absolute Gasteiger partial charge is 0.252 e. The third-order valence-electron chi connectivity index (χ3n) is 3.98. The molecule has 0 radical (unpaired) electrons. The van der Waals surface area contributed by atoms with Gasteiger partial charge < -0.3 is 9.73 Å². The number of fused-ring (bicyclic) bond motifs is 1. The predicted molar refractivity (Wildman–Crippen MR) is 88.2 cm³/mol. The molecule has 0 fully saturated rings. The van der Waals surface area contributed by atoms with Crippen molar-refractivity contribution in [1.29, 1.82) is 0 Å². The van der Waals surface area contributed by atoms with E-state index in [1.54, 1.807) is 23.1 Å². The first-order valence-electron chi connectivity index (χ1n) is 7.70. The van der Waals surface area contributed by atoms with E-state index in [0.29, 0.717) is 22.7 Å². The van der Waals surface area contributed by atoms with E-state index in [9.17, 15) is 4.79 Å². The van der Waals surface area contributed by atoms with Gasteiger partial charge in [-0.15, -0.1) is 0 Å². The fourth-order valence-corrected chi connectivity index (χ4v) is 2.58. The third-order valence-corrected chi connectivity index (χ3v) is 3.98. The van der Waals surface area contributed by atoms with Gasteiger partial charge in [-0.25, -0.2) is 4.98 Å². The molecule has 0 unspecified atom stereocenters. The molecule has 3 heterocycles. The molecule has 1 atom stereocenters. The highest BCUT2D eigenvalue weighted by Crippen LogP contribution is 2.27. The van der Waals surface area contributed by atoms with Gasteiger partial charge >= 0.3 is 0 Å². The van der Waals surface area contributed by atoms with Crippen LogP contribution in [0.25, 0.3) is 22.5 Å². The number of furan rings is 1. The Morgan fingerprint density at radius 2 is 2.26 bits per heavy atom. The largest absolute Gasteiger partial charge is 0.463 e. The van der Waals surface area contributed by atoms with Crippen molar-refractivity contribution < 1.29 is 9.21 Å². The summed E-state index contributed by atoms with van der Waals surface area (Å²) >= 11 is 0. The molecular weight excluding hydrogens is 292 g/mol. The van der Waals surface area contributed by atoms with Gasteiger partial charge in [0.25, 0.3) is 5.91 Å². The molecule has 0 aliphatic rings. The lowest BCUT2D eigenvalue weighted by Crippen LogP contribution is -2.32. The Bertz CT molecular complexity index is 849. The highest BCUT2D eigenvalue weighted by Gasteiger charge is 2.20. The molecule has 23 heavy (non-hydrogen) atoms. The van der Waals surface area contributed by atoms with Crippen molar-refractivity contribution in [1.82, 2.24) is 20.1 Å². The molecule has 0 bridgehead atoms. The van der Waals surface area contributed by atoms with Crippen LogP contribution in [0.5, 0.6) is 0 Å². The number of pyridine rings is 1. The topological polar surface area (TPSA) is 73.0 Å². The zero-order chi connectivity index (χ0) is 16.6. The summed E-state index contributed by atoms with van der Waals surface area (Å²) in [6, 6.07) is 5.50. The van der Waals surface area contributed by atoms with E-state index in [4.69, 9.17) is 4.42 Å². The van der Waals surface area contributed by atoms with Crippen LogP contribution in [0.4, 0.5) is 0 Å². The Morgan fingerprint density at radius 1 is 1.48 bits per heavy atom. The lowest BCUT2D eigenvalue weighted by atomic mass is 10.1. The summed E-state index contributed by atoms with van der Waals surface area (Å²) in [5.41, 5.74) is 2.66. The molecule has 6 nitrogen and oxygen atoms in total. The normalized spacial score (nSPS) is 12.5. The van der Waals surface area contributed by atoms with E-state index >= 15 is 0 Å². The zero-order valence-electron chi connectivity index (χ0n) is 13.8. The number of aryl methyl sites for hydroxylation is 2. The maximum Gasteiger partial charge on any atom is 0.252 e. The molecule has 120 valence electrons. The Kier molecular flexibility index (Phi) is 3.90. The van der Waals surface area contributed by atoms with Crippen LogP contribution in [0.2, 0.25) is 0 Å². The van der Waals surface area contributed by atoms with Gasteiger partial charge in [-0.2, -0.15) is 5.10 Å². The number of carbonyl (C=O) groups is 1. The Labute approximate surface area is 134 Å². The fourth-order valence-electron chi connectivity index (χ4n) is 2.58. The monoisotopic (exact) mass is 312 g/mol. The number of nitrogens with zero attached hydrogens (tertiary/aromatic N) is 3. The van der Waals surface area contributed by atoms with Crippen molar-refractivity contribution in [3.05, 3.63) is 35.7 Å². The SMILES string of the molecule is CC[C@H](C)NC(=O)c1cc(-c2ccco2)nc2c1c(C)nn2C. The van der Waals surface area contributed by atoms with E-state index in [1.807, 2.05) is 33.9 Å². The van der Waals surface area contributed by atoms with Crippen LogP contribution >= 0.6 is 0 Å². The quantitative estimate of drug-likeness (QED) is 0.803. The summed E-state index contributed by atoms with van der Waals surface area (Å²) in [7, 11) is 1.82. The number of hydrogen-bond donors (Lipinski definition) is 1. The Morgan fingerprint density at radius 3 is 2.91 bits per heavy atom. The summed E-state index contributed by atoms with van der Waals surface area (Å²) in [5, 5.41) is 8.19. The zero-order valence-corrected chi connectivity index (χ0v) is 13.8. The third kappa shape index (κ3) is 2.72. The molecule has 0 spiro atoms. The van der Waals surface area contributed by atoms with Crippen molar-refractivity contribution in [2.45, 2.75) is 33.2 Å². The molecule has 3 rings (SSSR count). The van der Waals surface area contributed by atoms with E-state index in [-0.39, 0.29) is 11.9 Å². The number of aromatic nitrogens is 3. The molecule has 0 saturated carbocycles. The summed E-state index contributed by atoms with van der Waals surface area (Å²) in [6.07, 6.45) is 2.46. The Hall–Kier alpha value is -2.63. The highest BCUT2D eigenvalue weighted by atomic mass is 16.3. The summed E-state index contributed by atoms with van der Waals surface area (Å²) in [6.45, 7) is 5.91. The minimum atomic E-state index is -0.115. The maximum absolute atomic E-state index is 12.7. The minimum absolute atomic E-state index is 0.106. The van der Waals surface area contributed by atoms with Gasteiger partial charge in [0.1, 0.15) is 5.69 Å². The maximum atomic E-state index is 12.7. The number of hydrogen-bond acceptors (Lipinski definition) is 4. The first kappa shape index (κ1) is 15.3. The second-order valence-corrected chi connectivity index (χ2v) is 5.72. The van der Waals surface area contributed by atoms with Gasteiger partial charge in [-0.1, -0.05) is 6.92 Å². The van der Waals surface area contributed by atoms with E-state index in [2.05, 4.69) is 15.4 Å². The lowest BCUT2D eigenvalue weighted by molar-refractivity contribution is 0.0941. The molecule has 3 aromatic rings. The second kappa shape index (κ2) is 5.87. The first-order valence-corrected chi connectivity index (χ1v) is 7.70. The molecular formula is C17H20N4O2. The molecule has 0 aliphatic heterocycles. The molecule has 0 aromatic carbocycles. The van der Waals surface area contributed by atoms with Gasteiger partial charge in [0.15, 0.2) is 11.4 Å². The number of rotatable bonds is 4. The lowest BCUT2D eigenvalue weighted by Gasteiger charge is -2.12. The highest BCUT2D eigenvalue weighted by molar-refractivity contribution is 6.07. The molecule has 0 aliphatic carbocycles. The first-order chi connectivity index (χ1) is 11.0. The summed E-state index contributed by atoms with van der Waals surface area (Å²) in [4.78, 5) is 17.3. The predicted octanol–water partition coefficient (Wildman–Crippen LogP) is 3.07. The van der Waals surface area contributed by atoms with Crippen LogP contribution < -0.4 is 5.32 Å². The van der Waals surface area contributed by atoms with Crippen LogP contribution in [0.15, 0.2) is 28.9 Å². The van der Waals surface area contributed by atoms with Crippen LogP contribution in [0.1, 0.15) is 36.3 Å². The van der Waals surface area contributed by atoms with Crippen molar-refractivity contribution in [2.24, 2.45) is 7.05 Å².